The highest BCUT2D eigenvalue weighted by atomic mass is 32.2. The summed E-state index contributed by atoms with van der Waals surface area (Å²) in [6.07, 6.45) is 0. The largest absolute Gasteiger partial charge is 0.496 e. The molecule has 0 heterocycles. The number of sulfonamides is 1. The smallest absolute Gasteiger partial charge is 0.264 e. The van der Waals surface area contributed by atoms with Crippen molar-refractivity contribution >= 4 is 27.3 Å². The van der Waals surface area contributed by atoms with Crippen molar-refractivity contribution in [3.05, 3.63) is 83.9 Å². The summed E-state index contributed by atoms with van der Waals surface area (Å²) in [5, 5.41) is 2.12. The van der Waals surface area contributed by atoms with Gasteiger partial charge < -0.3 is 10.1 Å². The lowest BCUT2D eigenvalue weighted by molar-refractivity contribution is -0.114. The normalized spacial score (nSPS) is 11.1. The third-order valence-electron chi connectivity index (χ3n) is 4.51. The first-order valence-electron chi connectivity index (χ1n) is 9.20. The van der Waals surface area contributed by atoms with Gasteiger partial charge in [-0.25, -0.2) is 17.2 Å². The number of benzene rings is 3. The van der Waals surface area contributed by atoms with Crippen molar-refractivity contribution in [3.63, 3.8) is 0 Å². The Bertz CT molecular complexity index is 1180. The summed E-state index contributed by atoms with van der Waals surface area (Å²) in [6.45, 7) is 1.00. The van der Waals surface area contributed by atoms with Gasteiger partial charge in [0.2, 0.25) is 5.91 Å². The van der Waals surface area contributed by atoms with Crippen molar-refractivity contribution < 1.29 is 26.7 Å². The first-order chi connectivity index (χ1) is 14.7. The predicted molar refractivity (Wildman–Crippen MR) is 114 cm³/mol. The quantitative estimate of drug-likeness (QED) is 0.593. The van der Waals surface area contributed by atoms with Gasteiger partial charge in [0, 0.05) is 0 Å². The molecule has 0 saturated carbocycles. The van der Waals surface area contributed by atoms with Gasteiger partial charge in [-0.15, -0.1) is 0 Å². The number of aryl methyl sites for hydroxylation is 1. The third-order valence-corrected chi connectivity index (χ3v) is 6.28. The number of halogens is 2. The van der Waals surface area contributed by atoms with Crippen molar-refractivity contribution in [2.75, 3.05) is 23.3 Å². The van der Waals surface area contributed by atoms with Crippen LogP contribution in [0.3, 0.4) is 0 Å². The fraction of sp³-hybridized carbons (Fsp3) is 0.136. The molecule has 0 fully saturated rings. The van der Waals surface area contributed by atoms with E-state index >= 15 is 0 Å². The van der Waals surface area contributed by atoms with E-state index in [1.807, 2.05) is 0 Å². The number of methoxy groups -OCH3 is 1. The molecule has 3 aromatic rings. The Kier molecular flexibility index (Phi) is 6.55. The zero-order chi connectivity index (χ0) is 22.6. The summed E-state index contributed by atoms with van der Waals surface area (Å²) in [5.41, 5.74) is 0.174. The molecule has 0 aromatic heterocycles. The average Bonchev–Trinajstić information content (AvgIpc) is 2.75. The van der Waals surface area contributed by atoms with Crippen LogP contribution in [0.15, 0.2) is 71.6 Å². The maximum absolute atomic E-state index is 13.9. The summed E-state index contributed by atoms with van der Waals surface area (Å²) in [6, 6.07) is 15.4. The van der Waals surface area contributed by atoms with E-state index in [9.17, 15) is 22.0 Å². The number of nitrogens with one attached hydrogen (secondary N) is 1. The molecule has 1 amide bonds. The van der Waals surface area contributed by atoms with E-state index < -0.39 is 39.8 Å². The summed E-state index contributed by atoms with van der Waals surface area (Å²) in [4.78, 5) is 12.5. The topological polar surface area (TPSA) is 75.7 Å². The van der Waals surface area contributed by atoms with Gasteiger partial charge in [0.1, 0.15) is 29.6 Å². The Hall–Kier alpha value is -3.46. The van der Waals surface area contributed by atoms with E-state index in [0.29, 0.717) is 11.3 Å². The highest BCUT2D eigenvalue weighted by molar-refractivity contribution is 7.92. The summed E-state index contributed by atoms with van der Waals surface area (Å²) >= 11 is 0. The number of hydrogen-bond acceptors (Lipinski definition) is 4. The molecule has 162 valence electrons. The number of carbonyl (C=O) groups excluding carboxylic acids is 1. The molecule has 3 rings (SSSR count). The maximum Gasteiger partial charge on any atom is 0.264 e. The molecule has 0 aliphatic rings. The van der Waals surface area contributed by atoms with Crippen LogP contribution in [-0.2, 0) is 14.8 Å². The second-order valence-corrected chi connectivity index (χ2v) is 8.49. The number of ether oxygens (including phenoxy) is 1. The summed E-state index contributed by atoms with van der Waals surface area (Å²) < 4.78 is 60.5. The molecule has 0 aliphatic carbocycles. The Labute approximate surface area is 179 Å². The molecule has 31 heavy (non-hydrogen) atoms. The number of rotatable bonds is 7. The van der Waals surface area contributed by atoms with Gasteiger partial charge in [-0.1, -0.05) is 24.3 Å². The summed E-state index contributed by atoms with van der Waals surface area (Å²) in [7, 11) is -2.71. The van der Waals surface area contributed by atoms with Crippen molar-refractivity contribution in [3.8, 4) is 5.75 Å². The number of para-hydroxylation sites is 2. The highest BCUT2D eigenvalue weighted by Gasteiger charge is 2.28. The second kappa shape index (κ2) is 9.13. The molecule has 9 heteroatoms. The Morgan fingerprint density at radius 1 is 1.00 bits per heavy atom. The molecule has 0 radical (unpaired) electrons. The van der Waals surface area contributed by atoms with Gasteiger partial charge in [-0.2, -0.15) is 0 Å². The van der Waals surface area contributed by atoms with Gasteiger partial charge in [0.25, 0.3) is 10.0 Å². The fourth-order valence-corrected chi connectivity index (χ4v) is 4.48. The van der Waals surface area contributed by atoms with Crippen molar-refractivity contribution in [2.45, 2.75) is 11.8 Å². The first kappa shape index (κ1) is 22.2. The zero-order valence-electron chi connectivity index (χ0n) is 16.8. The predicted octanol–water partition coefficient (Wildman–Crippen LogP) is 4.12. The molecule has 6 nitrogen and oxygen atoms in total. The molecule has 0 aliphatic heterocycles. The van der Waals surface area contributed by atoms with Crippen LogP contribution in [0.1, 0.15) is 5.56 Å². The number of nitrogens with zero attached hydrogens (tertiary/aromatic N) is 1. The molecule has 3 aromatic carbocycles. The number of hydrogen-bond donors (Lipinski definition) is 1. The van der Waals surface area contributed by atoms with Crippen LogP contribution in [0.5, 0.6) is 5.75 Å². The highest BCUT2D eigenvalue weighted by Crippen LogP contribution is 2.27. The number of amides is 1. The van der Waals surface area contributed by atoms with Crippen molar-refractivity contribution in [2.24, 2.45) is 0 Å². The van der Waals surface area contributed by atoms with E-state index in [2.05, 4.69) is 5.32 Å². The van der Waals surface area contributed by atoms with Crippen LogP contribution in [0.4, 0.5) is 20.2 Å². The Morgan fingerprint density at radius 2 is 1.65 bits per heavy atom. The van der Waals surface area contributed by atoms with E-state index in [4.69, 9.17) is 4.74 Å². The van der Waals surface area contributed by atoms with Crippen LogP contribution in [0, 0.1) is 18.6 Å². The van der Waals surface area contributed by atoms with Crippen molar-refractivity contribution in [1.29, 1.82) is 0 Å². The minimum Gasteiger partial charge on any atom is -0.496 e. The van der Waals surface area contributed by atoms with Gasteiger partial charge >= 0.3 is 0 Å². The minimum absolute atomic E-state index is 0.0560. The lowest BCUT2D eigenvalue weighted by Crippen LogP contribution is -2.38. The third kappa shape index (κ3) is 4.83. The van der Waals surface area contributed by atoms with E-state index in [0.717, 1.165) is 22.5 Å². The molecule has 0 spiro atoms. The SMILES string of the molecule is COc1ccc(S(=O)(=O)N(CC(=O)Nc2c(F)cccc2F)c2ccccc2)cc1C. The fourth-order valence-electron chi connectivity index (χ4n) is 2.97. The zero-order valence-corrected chi connectivity index (χ0v) is 17.6. The van der Waals surface area contributed by atoms with E-state index in [1.54, 1.807) is 25.1 Å². The van der Waals surface area contributed by atoms with Crippen molar-refractivity contribution in [1.82, 2.24) is 0 Å². The van der Waals surface area contributed by atoms with Crippen LogP contribution < -0.4 is 14.4 Å². The standard InChI is InChI=1S/C22H20F2N2O4S/c1-15-13-17(11-12-20(15)30-2)31(28,29)26(16-7-4-3-5-8-16)14-21(27)25-22-18(23)9-6-10-19(22)24/h3-13H,14H2,1-2H3,(H,25,27). The molecular weight excluding hydrogens is 426 g/mol. The Balaban J connectivity index is 1.97. The first-order valence-corrected chi connectivity index (χ1v) is 10.6. The lowest BCUT2D eigenvalue weighted by atomic mass is 10.2. The van der Waals surface area contributed by atoms with Crippen LogP contribution in [0.2, 0.25) is 0 Å². The molecule has 1 N–H and O–H groups in total. The van der Waals surface area contributed by atoms with E-state index in [1.165, 1.54) is 37.4 Å². The maximum atomic E-state index is 13.9. The van der Waals surface area contributed by atoms with Gasteiger partial charge in [0.05, 0.1) is 17.7 Å². The van der Waals surface area contributed by atoms with Gasteiger partial charge in [0.15, 0.2) is 0 Å². The van der Waals surface area contributed by atoms with Gasteiger partial charge in [-0.05, 0) is 55.0 Å². The van der Waals surface area contributed by atoms with Crippen LogP contribution in [0.25, 0.3) is 0 Å². The lowest BCUT2D eigenvalue weighted by Gasteiger charge is -2.24. The van der Waals surface area contributed by atoms with Crippen LogP contribution >= 0.6 is 0 Å². The molecule has 0 atom stereocenters. The Morgan fingerprint density at radius 3 is 2.23 bits per heavy atom. The number of anilines is 2. The number of carbonyl (C=O) groups is 1. The monoisotopic (exact) mass is 446 g/mol. The molecule has 0 bridgehead atoms. The van der Waals surface area contributed by atoms with Crippen LogP contribution in [-0.4, -0.2) is 28.0 Å². The summed E-state index contributed by atoms with van der Waals surface area (Å²) in [5.74, 6) is -2.32. The molecule has 0 unspecified atom stereocenters. The van der Waals surface area contributed by atoms with E-state index in [-0.39, 0.29) is 10.6 Å². The molecule has 0 saturated heterocycles. The minimum atomic E-state index is -4.18. The van der Waals surface area contributed by atoms with Gasteiger partial charge in [-0.3, -0.25) is 9.10 Å². The molecular formula is C22H20F2N2O4S. The average molecular weight is 446 g/mol. The second-order valence-electron chi connectivity index (χ2n) is 6.62.